The summed E-state index contributed by atoms with van der Waals surface area (Å²) in [6, 6.07) is 10.7. The van der Waals surface area contributed by atoms with Crippen LogP contribution in [0.2, 0.25) is 0 Å². The number of carbonyl (C=O) groups excluding carboxylic acids is 1. The molecule has 1 aliphatic rings. The van der Waals surface area contributed by atoms with Gasteiger partial charge in [0.25, 0.3) is 5.91 Å². The summed E-state index contributed by atoms with van der Waals surface area (Å²) in [5.74, 6) is 1.55. The minimum absolute atomic E-state index is 0.263. The van der Waals surface area contributed by atoms with Crippen molar-refractivity contribution in [2.24, 2.45) is 0 Å². The monoisotopic (exact) mass is 298 g/mol. The van der Waals surface area contributed by atoms with Gasteiger partial charge in [0.15, 0.2) is 11.6 Å². The topological polar surface area (TPSA) is 67.3 Å². The molecule has 1 fully saturated rings. The van der Waals surface area contributed by atoms with Gasteiger partial charge in [0.2, 0.25) is 0 Å². The van der Waals surface area contributed by atoms with E-state index in [2.05, 4.69) is 20.4 Å². The highest BCUT2D eigenvalue weighted by Gasteiger charge is 2.15. The Kier molecular flexibility index (Phi) is 4.18. The molecule has 3 rings (SSSR count). The zero-order chi connectivity index (χ0) is 15.4. The molecule has 2 aromatic rings. The van der Waals surface area contributed by atoms with E-state index in [1.165, 1.54) is 20.0 Å². The number of anilines is 2. The van der Waals surface area contributed by atoms with Crippen molar-refractivity contribution in [3.8, 4) is 5.75 Å². The van der Waals surface area contributed by atoms with Crippen LogP contribution in [-0.2, 0) is 0 Å². The lowest BCUT2D eigenvalue weighted by Crippen LogP contribution is -2.20. The van der Waals surface area contributed by atoms with Crippen molar-refractivity contribution >= 4 is 17.5 Å². The Morgan fingerprint density at radius 1 is 1.14 bits per heavy atom. The van der Waals surface area contributed by atoms with Gasteiger partial charge in [-0.2, -0.15) is 0 Å². The molecule has 22 heavy (non-hydrogen) atoms. The van der Waals surface area contributed by atoms with Gasteiger partial charge in [0, 0.05) is 13.1 Å². The van der Waals surface area contributed by atoms with Crippen LogP contribution in [-0.4, -0.2) is 36.3 Å². The normalized spacial score (nSPS) is 14.0. The molecule has 1 aromatic heterocycles. The minimum atomic E-state index is -0.263. The number of nitrogens with zero attached hydrogens (tertiary/aromatic N) is 3. The number of benzene rings is 1. The Bertz CT molecular complexity index is 651. The first-order valence-electron chi connectivity index (χ1n) is 7.31. The second-order valence-electron chi connectivity index (χ2n) is 5.13. The summed E-state index contributed by atoms with van der Waals surface area (Å²) in [4.78, 5) is 14.5. The fraction of sp³-hybridized carbons (Fsp3) is 0.312. The van der Waals surface area contributed by atoms with Crippen LogP contribution in [0.25, 0.3) is 0 Å². The largest absolute Gasteiger partial charge is 0.496 e. The first-order valence-corrected chi connectivity index (χ1v) is 7.31. The molecule has 1 aliphatic heterocycles. The quantitative estimate of drug-likeness (QED) is 0.938. The second kappa shape index (κ2) is 6.43. The lowest BCUT2D eigenvalue weighted by atomic mass is 10.2. The van der Waals surface area contributed by atoms with Gasteiger partial charge >= 0.3 is 0 Å². The van der Waals surface area contributed by atoms with Crippen LogP contribution < -0.4 is 15.0 Å². The summed E-state index contributed by atoms with van der Waals surface area (Å²) in [7, 11) is 1.54. The predicted molar refractivity (Wildman–Crippen MR) is 84.4 cm³/mol. The van der Waals surface area contributed by atoms with E-state index in [-0.39, 0.29) is 5.91 Å². The third-order valence-corrected chi connectivity index (χ3v) is 3.67. The van der Waals surface area contributed by atoms with Crippen molar-refractivity contribution in [1.82, 2.24) is 10.2 Å². The minimum Gasteiger partial charge on any atom is -0.496 e. The number of rotatable bonds is 4. The number of ether oxygens (including phenoxy) is 1. The summed E-state index contributed by atoms with van der Waals surface area (Å²) >= 11 is 0. The fourth-order valence-corrected chi connectivity index (χ4v) is 2.52. The van der Waals surface area contributed by atoms with E-state index in [0.29, 0.717) is 17.1 Å². The molecular formula is C16H18N4O2. The van der Waals surface area contributed by atoms with E-state index < -0.39 is 0 Å². The molecule has 2 heterocycles. The number of hydrogen-bond donors (Lipinski definition) is 1. The Morgan fingerprint density at radius 3 is 2.59 bits per heavy atom. The zero-order valence-corrected chi connectivity index (χ0v) is 12.5. The summed E-state index contributed by atoms with van der Waals surface area (Å²) in [6.45, 7) is 2.03. The first-order chi connectivity index (χ1) is 10.8. The van der Waals surface area contributed by atoms with Gasteiger partial charge in [0.1, 0.15) is 5.75 Å². The van der Waals surface area contributed by atoms with Crippen molar-refractivity contribution in [2.75, 3.05) is 30.4 Å². The number of para-hydroxylation sites is 1. The number of aromatic nitrogens is 2. The Hall–Kier alpha value is -2.63. The van der Waals surface area contributed by atoms with Gasteiger partial charge in [-0.25, -0.2) is 0 Å². The van der Waals surface area contributed by atoms with Gasteiger partial charge in [-0.05, 0) is 37.1 Å². The van der Waals surface area contributed by atoms with Crippen LogP contribution in [0.15, 0.2) is 36.4 Å². The summed E-state index contributed by atoms with van der Waals surface area (Å²) in [5, 5.41) is 11.0. The molecular weight excluding hydrogens is 280 g/mol. The summed E-state index contributed by atoms with van der Waals surface area (Å²) in [6.07, 6.45) is 2.38. The fourth-order valence-electron chi connectivity index (χ4n) is 2.52. The van der Waals surface area contributed by atoms with E-state index in [1.807, 2.05) is 12.1 Å². The van der Waals surface area contributed by atoms with E-state index in [9.17, 15) is 4.79 Å². The van der Waals surface area contributed by atoms with E-state index in [0.717, 1.165) is 18.9 Å². The molecule has 1 saturated heterocycles. The lowest BCUT2D eigenvalue weighted by Gasteiger charge is -2.15. The molecule has 1 N–H and O–H groups in total. The molecule has 114 valence electrons. The summed E-state index contributed by atoms with van der Waals surface area (Å²) < 4.78 is 5.19. The maximum atomic E-state index is 12.3. The molecule has 0 spiro atoms. The van der Waals surface area contributed by atoms with Gasteiger partial charge in [-0.15, -0.1) is 10.2 Å². The molecule has 0 bridgehead atoms. The van der Waals surface area contributed by atoms with E-state index >= 15 is 0 Å². The number of methoxy groups -OCH3 is 1. The first kappa shape index (κ1) is 14.3. The van der Waals surface area contributed by atoms with Crippen LogP contribution in [0, 0.1) is 0 Å². The van der Waals surface area contributed by atoms with E-state index in [4.69, 9.17) is 4.74 Å². The Morgan fingerprint density at radius 2 is 1.91 bits per heavy atom. The second-order valence-corrected chi connectivity index (χ2v) is 5.13. The Balaban J connectivity index is 1.71. The van der Waals surface area contributed by atoms with Crippen LogP contribution in [0.3, 0.4) is 0 Å². The number of nitrogens with one attached hydrogen (secondary N) is 1. The van der Waals surface area contributed by atoms with Gasteiger partial charge < -0.3 is 15.0 Å². The molecule has 0 radical (unpaired) electrons. The van der Waals surface area contributed by atoms with Gasteiger partial charge in [-0.3, -0.25) is 4.79 Å². The van der Waals surface area contributed by atoms with Crippen LogP contribution in [0.4, 0.5) is 11.6 Å². The molecule has 6 heteroatoms. The molecule has 0 saturated carbocycles. The van der Waals surface area contributed by atoms with Crippen LogP contribution in [0.5, 0.6) is 5.75 Å². The standard InChI is InChI=1S/C16H18N4O2/c1-22-13-7-3-2-6-12(13)16(21)17-14-8-9-15(19-18-14)20-10-4-5-11-20/h2-3,6-9H,4-5,10-11H2,1H3,(H,17,18,21). The number of amides is 1. The lowest BCUT2D eigenvalue weighted by molar-refractivity contribution is 0.102. The highest BCUT2D eigenvalue weighted by molar-refractivity contribution is 6.05. The Labute approximate surface area is 129 Å². The highest BCUT2D eigenvalue weighted by atomic mass is 16.5. The van der Waals surface area contributed by atoms with Gasteiger partial charge in [-0.1, -0.05) is 12.1 Å². The van der Waals surface area contributed by atoms with Crippen molar-refractivity contribution in [2.45, 2.75) is 12.8 Å². The smallest absolute Gasteiger partial charge is 0.260 e. The zero-order valence-electron chi connectivity index (χ0n) is 12.5. The SMILES string of the molecule is COc1ccccc1C(=O)Nc1ccc(N2CCCC2)nn1. The predicted octanol–water partition coefficient (Wildman–Crippen LogP) is 2.34. The van der Waals surface area contributed by atoms with Crippen molar-refractivity contribution in [3.05, 3.63) is 42.0 Å². The molecule has 1 aromatic carbocycles. The van der Waals surface area contributed by atoms with Crippen molar-refractivity contribution < 1.29 is 9.53 Å². The van der Waals surface area contributed by atoms with Crippen molar-refractivity contribution in [3.63, 3.8) is 0 Å². The third-order valence-electron chi connectivity index (χ3n) is 3.67. The van der Waals surface area contributed by atoms with E-state index in [1.54, 1.807) is 24.3 Å². The average Bonchev–Trinajstić information content (AvgIpc) is 3.10. The third kappa shape index (κ3) is 3.00. The number of carbonyl (C=O) groups is 1. The average molecular weight is 298 g/mol. The molecule has 6 nitrogen and oxygen atoms in total. The molecule has 0 unspecified atom stereocenters. The maximum absolute atomic E-state index is 12.3. The summed E-state index contributed by atoms with van der Waals surface area (Å²) in [5.41, 5.74) is 0.468. The molecule has 0 atom stereocenters. The molecule has 0 aliphatic carbocycles. The van der Waals surface area contributed by atoms with Gasteiger partial charge in [0.05, 0.1) is 12.7 Å². The van der Waals surface area contributed by atoms with Crippen LogP contribution in [0.1, 0.15) is 23.2 Å². The highest BCUT2D eigenvalue weighted by Crippen LogP contribution is 2.20. The number of hydrogen-bond acceptors (Lipinski definition) is 5. The van der Waals surface area contributed by atoms with Crippen LogP contribution >= 0.6 is 0 Å². The molecule has 1 amide bonds. The maximum Gasteiger partial charge on any atom is 0.260 e. The van der Waals surface area contributed by atoms with Crippen molar-refractivity contribution in [1.29, 1.82) is 0 Å².